The van der Waals surface area contributed by atoms with Crippen LogP contribution in [0.3, 0.4) is 0 Å². The number of hydrogen-bond donors (Lipinski definition) is 1. The fourth-order valence-corrected chi connectivity index (χ4v) is 1.97. The molecule has 1 aromatic rings. The second kappa shape index (κ2) is 4.80. The van der Waals surface area contributed by atoms with Gasteiger partial charge in [-0.2, -0.15) is 0 Å². The van der Waals surface area contributed by atoms with Crippen LogP contribution >= 0.6 is 0 Å². The lowest BCUT2D eigenvalue weighted by molar-refractivity contribution is 0.520. The van der Waals surface area contributed by atoms with E-state index in [1.807, 2.05) is 13.8 Å². The van der Waals surface area contributed by atoms with Gasteiger partial charge in [-0.1, -0.05) is 0 Å². The van der Waals surface area contributed by atoms with Gasteiger partial charge in [-0.3, -0.25) is 0 Å². The molecule has 0 aliphatic rings. The summed E-state index contributed by atoms with van der Waals surface area (Å²) in [5.41, 5.74) is 0. The van der Waals surface area contributed by atoms with Gasteiger partial charge in [0.15, 0.2) is 0 Å². The highest BCUT2D eigenvalue weighted by molar-refractivity contribution is 7.89. The molecule has 0 aromatic carbocycles. The largest absolute Gasteiger partial charge is 0.368 e. The van der Waals surface area contributed by atoms with E-state index in [0.717, 1.165) is 0 Å². The summed E-state index contributed by atoms with van der Waals surface area (Å²) in [6.07, 6.45) is 1.36. The third-order valence-electron chi connectivity index (χ3n) is 1.95. The van der Waals surface area contributed by atoms with Crippen LogP contribution < -0.4 is 5.32 Å². The third kappa shape index (κ3) is 2.93. The summed E-state index contributed by atoms with van der Waals surface area (Å²) in [7, 11) is -0.388. The van der Waals surface area contributed by atoms with E-state index in [0.29, 0.717) is 5.82 Å². The van der Waals surface area contributed by atoms with Crippen LogP contribution in [0.15, 0.2) is 23.2 Å². The molecule has 90 valence electrons. The minimum Gasteiger partial charge on any atom is -0.368 e. The minimum absolute atomic E-state index is 0.201. The predicted molar refractivity (Wildman–Crippen MR) is 63.9 cm³/mol. The standard InChI is InChI=1S/C10H17N3O2S/c1-8(2)12-10-6-5-9(7-11-10)16(14,15)13(3)4/h5-8H,1-4H3,(H,11,12). The maximum atomic E-state index is 11.7. The van der Waals surface area contributed by atoms with Crippen molar-refractivity contribution in [3.05, 3.63) is 18.3 Å². The first-order valence-corrected chi connectivity index (χ1v) is 6.43. The number of sulfonamides is 1. The fraction of sp³-hybridized carbons (Fsp3) is 0.500. The van der Waals surface area contributed by atoms with Gasteiger partial charge in [0.25, 0.3) is 0 Å². The van der Waals surface area contributed by atoms with Crippen molar-refractivity contribution < 1.29 is 8.42 Å². The molecule has 1 heterocycles. The zero-order valence-electron chi connectivity index (χ0n) is 9.93. The molecular weight excluding hydrogens is 226 g/mol. The van der Waals surface area contributed by atoms with Crippen molar-refractivity contribution in [2.75, 3.05) is 19.4 Å². The maximum absolute atomic E-state index is 11.7. The fourth-order valence-electron chi connectivity index (χ4n) is 1.12. The maximum Gasteiger partial charge on any atom is 0.244 e. The molecule has 6 heteroatoms. The lowest BCUT2D eigenvalue weighted by Gasteiger charge is -2.12. The highest BCUT2D eigenvalue weighted by Crippen LogP contribution is 2.14. The van der Waals surface area contributed by atoms with Crippen LogP contribution in [-0.4, -0.2) is 37.8 Å². The summed E-state index contributed by atoms with van der Waals surface area (Å²) >= 11 is 0. The Labute approximate surface area is 96.5 Å². The highest BCUT2D eigenvalue weighted by Gasteiger charge is 2.17. The van der Waals surface area contributed by atoms with E-state index in [2.05, 4.69) is 10.3 Å². The zero-order valence-corrected chi connectivity index (χ0v) is 10.7. The Morgan fingerprint density at radius 3 is 2.31 bits per heavy atom. The van der Waals surface area contributed by atoms with Gasteiger partial charge < -0.3 is 5.32 Å². The van der Waals surface area contributed by atoms with Gasteiger partial charge in [-0.15, -0.1) is 0 Å². The molecule has 0 radical (unpaired) electrons. The van der Waals surface area contributed by atoms with Crippen molar-refractivity contribution in [1.82, 2.24) is 9.29 Å². The van der Waals surface area contributed by atoms with Crippen LogP contribution in [-0.2, 0) is 10.0 Å². The molecule has 0 fully saturated rings. The zero-order chi connectivity index (χ0) is 12.3. The smallest absolute Gasteiger partial charge is 0.244 e. The van der Waals surface area contributed by atoms with Gasteiger partial charge in [0.1, 0.15) is 10.7 Å². The normalized spacial score (nSPS) is 12.1. The summed E-state index contributed by atoms with van der Waals surface area (Å²) in [4.78, 5) is 4.25. The first-order valence-electron chi connectivity index (χ1n) is 4.99. The third-order valence-corrected chi connectivity index (χ3v) is 3.75. The van der Waals surface area contributed by atoms with Crippen molar-refractivity contribution in [2.45, 2.75) is 24.8 Å². The Balaban J connectivity index is 2.96. The Bertz CT molecular complexity index is 438. The van der Waals surface area contributed by atoms with Gasteiger partial charge in [0.05, 0.1) is 0 Å². The van der Waals surface area contributed by atoms with Crippen LogP contribution in [0.25, 0.3) is 0 Å². The average molecular weight is 243 g/mol. The van der Waals surface area contributed by atoms with Gasteiger partial charge in [-0.25, -0.2) is 17.7 Å². The predicted octanol–water partition coefficient (Wildman–Crippen LogP) is 1.15. The first kappa shape index (κ1) is 12.9. The number of rotatable bonds is 4. The molecule has 5 nitrogen and oxygen atoms in total. The van der Waals surface area contributed by atoms with Crippen LogP contribution in [0.4, 0.5) is 5.82 Å². The SMILES string of the molecule is CC(C)Nc1ccc(S(=O)(=O)N(C)C)cn1. The molecule has 0 spiro atoms. The lowest BCUT2D eigenvalue weighted by atomic mass is 10.4. The van der Waals surface area contributed by atoms with E-state index < -0.39 is 10.0 Å². The van der Waals surface area contributed by atoms with Crippen LogP contribution in [0.1, 0.15) is 13.8 Å². The number of nitrogens with zero attached hydrogens (tertiary/aromatic N) is 2. The number of hydrogen-bond acceptors (Lipinski definition) is 4. The van der Waals surface area contributed by atoms with Gasteiger partial charge >= 0.3 is 0 Å². The number of aromatic nitrogens is 1. The van der Waals surface area contributed by atoms with Crippen LogP contribution in [0.2, 0.25) is 0 Å². The van der Waals surface area contributed by atoms with E-state index in [-0.39, 0.29) is 10.9 Å². The van der Waals surface area contributed by atoms with Gasteiger partial charge in [0.2, 0.25) is 10.0 Å². The second-order valence-electron chi connectivity index (χ2n) is 3.97. The molecule has 0 bridgehead atoms. The minimum atomic E-state index is -3.38. The molecule has 0 aliphatic heterocycles. The number of pyridine rings is 1. The summed E-state index contributed by atoms with van der Waals surface area (Å²) in [6.45, 7) is 3.98. The van der Waals surface area contributed by atoms with Crippen molar-refractivity contribution in [3.8, 4) is 0 Å². The topological polar surface area (TPSA) is 62.3 Å². The van der Waals surface area contributed by atoms with Gasteiger partial charge in [0, 0.05) is 26.3 Å². The Hall–Kier alpha value is -1.14. The molecule has 0 atom stereocenters. The first-order chi connectivity index (χ1) is 7.34. The summed E-state index contributed by atoms with van der Waals surface area (Å²) in [6, 6.07) is 3.48. The molecular formula is C10H17N3O2S. The number of anilines is 1. The molecule has 0 saturated carbocycles. The van der Waals surface area contributed by atoms with E-state index >= 15 is 0 Å². The van der Waals surface area contributed by atoms with Crippen molar-refractivity contribution in [2.24, 2.45) is 0 Å². The van der Waals surface area contributed by atoms with Crippen LogP contribution in [0, 0.1) is 0 Å². The van der Waals surface area contributed by atoms with Crippen molar-refractivity contribution in [3.63, 3.8) is 0 Å². The Morgan fingerprint density at radius 1 is 1.31 bits per heavy atom. The molecule has 0 unspecified atom stereocenters. The summed E-state index contributed by atoms with van der Waals surface area (Å²) in [5, 5.41) is 3.09. The average Bonchev–Trinajstić information content (AvgIpc) is 2.17. The van der Waals surface area contributed by atoms with E-state index in [4.69, 9.17) is 0 Å². The Kier molecular flexibility index (Phi) is 3.88. The molecule has 1 aromatic heterocycles. The van der Waals surface area contributed by atoms with Crippen molar-refractivity contribution in [1.29, 1.82) is 0 Å². The summed E-state index contributed by atoms with van der Waals surface area (Å²) in [5.74, 6) is 0.674. The monoisotopic (exact) mass is 243 g/mol. The molecule has 1 N–H and O–H groups in total. The second-order valence-corrected chi connectivity index (χ2v) is 6.12. The van der Waals surface area contributed by atoms with Gasteiger partial charge in [-0.05, 0) is 26.0 Å². The molecule has 16 heavy (non-hydrogen) atoms. The van der Waals surface area contributed by atoms with E-state index in [1.165, 1.54) is 24.6 Å². The van der Waals surface area contributed by atoms with Crippen molar-refractivity contribution >= 4 is 15.8 Å². The van der Waals surface area contributed by atoms with E-state index in [1.54, 1.807) is 12.1 Å². The summed E-state index contributed by atoms with van der Waals surface area (Å²) < 4.78 is 24.6. The lowest BCUT2D eigenvalue weighted by Crippen LogP contribution is -2.22. The number of nitrogens with one attached hydrogen (secondary N) is 1. The molecule has 1 rings (SSSR count). The molecule has 0 saturated heterocycles. The Morgan fingerprint density at radius 2 is 1.94 bits per heavy atom. The molecule has 0 aliphatic carbocycles. The van der Waals surface area contributed by atoms with Crippen LogP contribution in [0.5, 0.6) is 0 Å². The van der Waals surface area contributed by atoms with E-state index in [9.17, 15) is 8.42 Å². The highest BCUT2D eigenvalue weighted by atomic mass is 32.2. The molecule has 0 amide bonds. The quantitative estimate of drug-likeness (QED) is 0.861.